The molecule has 0 unspecified atom stereocenters. The standard InChI is InChI=1S/C9H13N/c1-3-10-7-6-8(2)9-4-5-9/h3,6-7,9H,2,4-5H2,1H3/b7-6-,10-3?. The molecule has 0 amide bonds. The average molecular weight is 135 g/mol. The van der Waals surface area contributed by atoms with Crippen LogP contribution in [-0.4, -0.2) is 6.21 Å². The van der Waals surface area contributed by atoms with Crippen LogP contribution in [-0.2, 0) is 0 Å². The minimum absolute atomic E-state index is 0.767. The normalized spacial score (nSPS) is 18.9. The zero-order valence-electron chi connectivity index (χ0n) is 6.38. The second-order valence-corrected chi connectivity index (χ2v) is 2.57. The number of aliphatic imine (C=N–C) groups is 1. The molecule has 0 saturated heterocycles. The first kappa shape index (κ1) is 7.26. The summed E-state index contributed by atoms with van der Waals surface area (Å²) in [5.74, 6) is 0.767. The van der Waals surface area contributed by atoms with Gasteiger partial charge in [0, 0.05) is 12.4 Å². The maximum absolute atomic E-state index is 3.96. The van der Waals surface area contributed by atoms with Gasteiger partial charge >= 0.3 is 0 Å². The molecule has 1 rings (SSSR count). The maximum Gasteiger partial charge on any atom is 0.0266 e. The van der Waals surface area contributed by atoms with Crippen molar-refractivity contribution in [3.8, 4) is 0 Å². The van der Waals surface area contributed by atoms with Crippen molar-refractivity contribution in [2.75, 3.05) is 0 Å². The predicted octanol–water partition coefficient (Wildman–Crippen LogP) is 2.56. The molecule has 0 aromatic carbocycles. The molecule has 0 aliphatic heterocycles. The molecule has 0 aromatic rings. The third kappa shape index (κ3) is 2.18. The van der Waals surface area contributed by atoms with Gasteiger partial charge in [0.05, 0.1) is 0 Å². The van der Waals surface area contributed by atoms with E-state index < -0.39 is 0 Å². The molecular weight excluding hydrogens is 122 g/mol. The molecular formula is C9H13N. The molecule has 0 aromatic heterocycles. The summed E-state index contributed by atoms with van der Waals surface area (Å²) >= 11 is 0. The molecule has 1 fully saturated rings. The smallest absolute Gasteiger partial charge is 0.0266 e. The Morgan fingerprint density at radius 3 is 2.80 bits per heavy atom. The number of allylic oxidation sites excluding steroid dienone is 2. The van der Waals surface area contributed by atoms with Gasteiger partial charge in [-0.3, -0.25) is 4.99 Å². The van der Waals surface area contributed by atoms with E-state index in [9.17, 15) is 0 Å². The van der Waals surface area contributed by atoms with Crippen LogP contribution in [0.4, 0.5) is 0 Å². The number of hydrogen-bond acceptors (Lipinski definition) is 1. The third-order valence-electron chi connectivity index (χ3n) is 1.63. The molecule has 0 heterocycles. The van der Waals surface area contributed by atoms with Crippen molar-refractivity contribution in [1.29, 1.82) is 0 Å². The van der Waals surface area contributed by atoms with E-state index in [0.29, 0.717) is 0 Å². The quantitative estimate of drug-likeness (QED) is 0.416. The Kier molecular flexibility index (Phi) is 2.43. The van der Waals surface area contributed by atoms with Gasteiger partial charge in [-0.25, -0.2) is 0 Å². The fourth-order valence-corrected chi connectivity index (χ4v) is 0.815. The zero-order valence-corrected chi connectivity index (χ0v) is 6.38. The molecule has 1 saturated carbocycles. The fourth-order valence-electron chi connectivity index (χ4n) is 0.815. The monoisotopic (exact) mass is 135 g/mol. The van der Waals surface area contributed by atoms with Crippen LogP contribution >= 0.6 is 0 Å². The molecule has 1 nitrogen and oxygen atoms in total. The Bertz CT molecular complexity index is 173. The van der Waals surface area contributed by atoms with Gasteiger partial charge in [0.25, 0.3) is 0 Å². The summed E-state index contributed by atoms with van der Waals surface area (Å²) in [6.07, 6.45) is 8.22. The Hall–Kier alpha value is -0.850. The van der Waals surface area contributed by atoms with Gasteiger partial charge in [0.1, 0.15) is 0 Å². The Balaban J connectivity index is 2.28. The summed E-state index contributed by atoms with van der Waals surface area (Å²) in [5.41, 5.74) is 1.23. The average Bonchev–Trinajstić information content (AvgIpc) is 2.69. The van der Waals surface area contributed by atoms with Crippen LogP contribution in [0.15, 0.2) is 29.4 Å². The third-order valence-corrected chi connectivity index (χ3v) is 1.63. The highest BCUT2D eigenvalue weighted by molar-refractivity contribution is 5.54. The molecule has 0 radical (unpaired) electrons. The van der Waals surface area contributed by atoms with Crippen LogP contribution in [0.5, 0.6) is 0 Å². The van der Waals surface area contributed by atoms with Crippen molar-refractivity contribution in [3.05, 3.63) is 24.4 Å². The second-order valence-electron chi connectivity index (χ2n) is 2.57. The fraction of sp³-hybridized carbons (Fsp3) is 0.444. The molecule has 0 N–H and O–H groups in total. The summed E-state index contributed by atoms with van der Waals surface area (Å²) in [4.78, 5) is 3.96. The lowest BCUT2D eigenvalue weighted by Gasteiger charge is -1.89. The van der Waals surface area contributed by atoms with Crippen LogP contribution in [0.25, 0.3) is 0 Å². The molecule has 1 aliphatic rings. The van der Waals surface area contributed by atoms with Crippen molar-refractivity contribution >= 4 is 6.21 Å². The SMILES string of the molecule is C=C(/C=C\N=CC)C1CC1. The van der Waals surface area contributed by atoms with Gasteiger partial charge in [-0.2, -0.15) is 0 Å². The first-order valence-corrected chi connectivity index (χ1v) is 3.67. The van der Waals surface area contributed by atoms with Crippen LogP contribution in [0.2, 0.25) is 0 Å². The second kappa shape index (κ2) is 3.35. The van der Waals surface area contributed by atoms with E-state index in [2.05, 4.69) is 11.6 Å². The van der Waals surface area contributed by atoms with E-state index in [1.165, 1.54) is 18.4 Å². The first-order chi connectivity index (χ1) is 4.84. The van der Waals surface area contributed by atoms with E-state index in [1.807, 2.05) is 13.0 Å². The van der Waals surface area contributed by atoms with Crippen LogP contribution in [0, 0.1) is 5.92 Å². The highest BCUT2D eigenvalue weighted by Gasteiger charge is 2.22. The van der Waals surface area contributed by atoms with Gasteiger partial charge in [-0.15, -0.1) is 0 Å². The summed E-state index contributed by atoms with van der Waals surface area (Å²) < 4.78 is 0. The lowest BCUT2D eigenvalue weighted by molar-refractivity contribution is 1.06. The zero-order chi connectivity index (χ0) is 7.40. The Morgan fingerprint density at radius 2 is 2.30 bits per heavy atom. The number of rotatable bonds is 3. The minimum atomic E-state index is 0.767. The largest absolute Gasteiger partial charge is 0.269 e. The van der Waals surface area contributed by atoms with Crippen LogP contribution in [0.1, 0.15) is 19.8 Å². The lowest BCUT2D eigenvalue weighted by atomic mass is 10.2. The number of nitrogens with zero attached hydrogens (tertiary/aromatic N) is 1. The predicted molar refractivity (Wildman–Crippen MR) is 45.2 cm³/mol. The summed E-state index contributed by atoms with van der Waals surface area (Å²) in [5, 5.41) is 0. The highest BCUT2D eigenvalue weighted by Crippen LogP contribution is 2.35. The van der Waals surface area contributed by atoms with E-state index in [1.54, 1.807) is 12.4 Å². The highest BCUT2D eigenvalue weighted by atomic mass is 14.6. The van der Waals surface area contributed by atoms with Crippen molar-refractivity contribution in [3.63, 3.8) is 0 Å². The molecule has 10 heavy (non-hydrogen) atoms. The first-order valence-electron chi connectivity index (χ1n) is 3.67. The van der Waals surface area contributed by atoms with Crippen molar-refractivity contribution in [1.82, 2.24) is 0 Å². The van der Waals surface area contributed by atoms with Gasteiger partial charge < -0.3 is 0 Å². The summed E-state index contributed by atoms with van der Waals surface area (Å²) in [6, 6.07) is 0. The Labute approximate surface area is 62.2 Å². The summed E-state index contributed by atoms with van der Waals surface area (Å²) in [7, 11) is 0. The van der Waals surface area contributed by atoms with E-state index in [0.717, 1.165) is 5.92 Å². The summed E-state index contributed by atoms with van der Waals surface area (Å²) in [6.45, 7) is 5.83. The maximum atomic E-state index is 3.96. The molecule has 54 valence electrons. The van der Waals surface area contributed by atoms with Crippen LogP contribution in [0.3, 0.4) is 0 Å². The molecule has 0 atom stereocenters. The van der Waals surface area contributed by atoms with Crippen molar-refractivity contribution in [2.45, 2.75) is 19.8 Å². The van der Waals surface area contributed by atoms with Gasteiger partial charge in [0.2, 0.25) is 0 Å². The van der Waals surface area contributed by atoms with E-state index in [-0.39, 0.29) is 0 Å². The molecule has 0 bridgehead atoms. The van der Waals surface area contributed by atoms with Gasteiger partial charge in [-0.05, 0) is 31.8 Å². The topological polar surface area (TPSA) is 12.4 Å². The van der Waals surface area contributed by atoms with E-state index in [4.69, 9.17) is 0 Å². The van der Waals surface area contributed by atoms with Gasteiger partial charge in [0.15, 0.2) is 0 Å². The lowest BCUT2D eigenvalue weighted by Crippen LogP contribution is -1.74. The van der Waals surface area contributed by atoms with Crippen LogP contribution < -0.4 is 0 Å². The number of hydrogen-bond donors (Lipinski definition) is 0. The minimum Gasteiger partial charge on any atom is -0.269 e. The van der Waals surface area contributed by atoms with Crippen molar-refractivity contribution in [2.24, 2.45) is 10.9 Å². The van der Waals surface area contributed by atoms with E-state index >= 15 is 0 Å². The van der Waals surface area contributed by atoms with Gasteiger partial charge in [-0.1, -0.05) is 12.2 Å². The van der Waals surface area contributed by atoms with Crippen molar-refractivity contribution < 1.29 is 0 Å². The molecule has 0 spiro atoms. The Morgan fingerprint density at radius 1 is 1.60 bits per heavy atom. The molecule has 1 heteroatoms. The molecule has 1 aliphatic carbocycles.